The van der Waals surface area contributed by atoms with E-state index in [0.717, 1.165) is 0 Å². The van der Waals surface area contributed by atoms with Crippen molar-refractivity contribution in [3.05, 3.63) is 23.8 Å². The Kier molecular flexibility index (Phi) is 3.29. The lowest BCUT2D eigenvalue weighted by Gasteiger charge is -2.32. The zero-order valence-electron chi connectivity index (χ0n) is 11.7. The van der Waals surface area contributed by atoms with E-state index in [4.69, 9.17) is 15.0 Å². The van der Waals surface area contributed by atoms with Gasteiger partial charge in [-0.2, -0.15) is 0 Å². The maximum Gasteiger partial charge on any atom is 0.480 e. The Bertz CT molecular complexity index is 474. The molecular formula is C13H20BNO4. The molecule has 19 heavy (non-hydrogen) atoms. The summed E-state index contributed by atoms with van der Waals surface area (Å²) >= 11 is 0. The molecule has 0 unspecified atom stereocenters. The van der Waals surface area contributed by atoms with E-state index < -0.39 is 24.3 Å². The third-order valence-corrected chi connectivity index (χ3v) is 3.94. The monoisotopic (exact) mass is 265 g/mol. The molecule has 6 heteroatoms. The van der Waals surface area contributed by atoms with E-state index in [9.17, 15) is 10.2 Å². The fraction of sp³-hybridized carbons (Fsp3) is 0.538. The van der Waals surface area contributed by atoms with Crippen LogP contribution in [0.25, 0.3) is 0 Å². The van der Waals surface area contributed by atoms with Gasteiger partial charge in [-0.25, -0.2) is 0 Å². The first-order valence-corrected chi connectivity index (χ1v) is 6.27. The molecule has 0 spiro atoms. The largest absolute Gasteiger partial charge is 0.508 e. The van der Waals surface area contributed by atoms with Crippen LogP contribution in [-0.4, -0.2) is 28.5 Å². The Balaban J connectivity index is 2.24. The first-order valence-electron chi connectivity index (χ1n) is 6.27. The maximum absolute atomic E-state index is 9.83. The lowest BCUT2D eigenvalue weighted by atomic mass is 9.74. The van der Waals surface area contributed by atoms with Crippen LogP contribution in [0.2, 0.25) is 0 Å². The summed E-state index contributed by atoms with van der Waals surface area (Å²) in [5.41, 5.74) is 5.64. The second-order valence-corrected chi connectivity index (χ2v) is 5.89. The number of phenolic OH excluding ortho intramolecular Hbond substituents is 2. The Morgan fingerprint density at radius 3 is 2.11 bits per heavy atom. The van der Waals surface area contributed by atoms with Crippen molar-refractivity contribution in [2.75, 3.05) is 0 Å². The van der Waals surface area contributed by atoms with Crippen LogP contribution in [0.5, 0.6) is 11.5 Å². The second-order valence-electron chi connectivity index (χ2n) is 5.89. The van der Waals surface area contributed by atoms with E-state index in [0.29, 0.717) is 5.56 Å². The molecule has 1 aliphatic heterocycles. The number of nitrogens with two attached hydrogens (primary N) is 1. The molecule has 0 aromatic heterocycles. The van der Waals surface area contributed by atoms with Crippen molar-refractivity contribution < 1.29 is 19.5 Å². The van der Waals surface area contributed by atoms with E-state index in [-0.39, 0.29) is 11.5 Å². The molecule has 0 aliphatic carbocycles. The van der Waals surface area contributed by atoms with Gasteiger partial charge in [-0.3, -0.25) is 0 Å². The summed E-state index contributed by atoms with van der Waals surface area (Å²) in [7, 11) is -0.638. The first-order chi connectivity index (χ1) is 8.64. The van der Waals surface area contributed by atoms with E-state index in [1.165, 1.54) is 12.1 Å². The zero-order valence-corrected chi connectivity index (χ0v) is 11.7. The standard InChI is InChI=1S/C13H20BNO4/c1-12(2)13(3,4)19-14(18-12)11(15)9-6-5-8(16)7-10(9)17/h5-7,11,16-17H,15H2,1-4H3/t11-/m1/s1. The van der Waals surface area contributed by atoms with E-state index >= 15 is 0 Å². The molecule has 2 rings (SSSR count). The Hall–Kier alpha value is -1.24. The Morgan fingerprint density at radius 2 is 1.63 bits per heavy atom. The summed E-state index contributed by atoms with van der Waals surface area (Å²) in [5, 5.41) is 19.1. The van der Waals surface area contributed by atoms with Gasteiger partial charge in [0.05, 0.1) is 17.1 Å². The molecule has 5 nitrogen and oxygen atoms in total. The van der Waals surface area contributed by atoms with Gasteiger partial charge in [0.15, 0.2) is 0 Å². The quantitative estimate of drug-likeness (QED) is 0.709. The van der Waals surface area contributed by atoms with Crippen LogP contribution in [0.3, 0.4) is 0 Å². The number of aromatic hydroxyl groups is 2. The molecule has 0 bridgehead atoms. The molecule has 0 saturated carbocycles. The average molecular weight is 265 g/mol. The number of rotatable bonds is 2. The van der Waals surface area contributed by atoms with Crippen molar-refractivity contribution in [2.24, 2.45) is 5.73 Å². The van der Waals surface area contributed by atoms with Crippen molar-refractivity contribution in [2.45, 2.75) is 44.8 Å². The molecule has 0 amide bonds. The highest BCUT2D eigenvalue weighted by atomic mass is 16.7. The molecule has 1 aromatic carbocycles. The highest BCUT2D eigenvalue weighted by molar-refractivity contribution is 6.47. The fourth-order valence-corrected chi connectivity index (χ4v) is 2.00. The highest BCUT2D eigenvalue weighted by Crippen LogP contribution is 2.40. The third kappa shape index (κ3) is 2.43. The van der Waals surface area contributed by atoms with Gasteiger partial charge in [-0.15, -0.1) is 0 Å². The molecule has 1 atom stereocenters. The lowest BCUT2D eigenvalue weighted by molar-refractivity contribution is 0.00578. The average Bonchev–Trinajstić information content (AvgIpc) is 2.47. The van der Waals surface area contributed by atoms with Crippen LogP contribution in [0, 0.1) is 0 Å². The van der Waals surface area contributed by atoms with Crippen LogP contribution in [0.15, 0.2) is 18.2 Å². The van der Waals surface area contributed by atoms with E-state index in [1.54, 1.807) is 6.07 Å². The van der Waals surface area contributed by atoms with Gasteiger partial charge in [0, 0.05) is 11.6 Å². The number of hydrogen-bond donors (Lipinski definition) is 3. The minimum atomic E-state index is -0.638. The summed E-state index contributed by atoms with van der Waals surface area (Å²) in [5.74, 6) is -0.703. The molecule has 104 valence electrons. The zero-order chi connectivity index (χ0) is 14.4. The molecule has 1 heterocycles. The molecule has 1 aliphatic rings. The van der Waals surface area contributed by atoms with Crippen molar-refractivity contribution >= 4 is 7.12 Å². The van der Waals surface area contributed by atoms with Gasteiger partial charge in [-0.05, 0) is 33.8 Å². The SMILES string of the molecule is CC1(C)OB([C@H](N)c2ccc(O)cc2O)OC1(C)C. The normalized spacial score (nSPS) is 22.5. The highest BCUT2D eigenvalue weighted by Gasteiger charge is 2.53. The van der Waals surface area contributed by atoms with Gasteiger partial charge >= 0.3 is 7.12 Å². The summed E-state index contributed by atoms with van der Waals surface area (Å²) in [6.07, 6.45) is 0. The smallest absolute Gasteiger partial charge is 0.480 e. The molecule has 1 aromatic rings. The van der Waals surface area contributed by atoms with Gasteiger partial charge in [-0.1, -0.05) is 6.07 Å². The predicted molar refractivity (Wildman–Crippen MR) is 72.8 cm³/mol. The van der Waals surface area contributed by atoms with Crippen molar-refractivity contribution in [3.8, 4) is 11.5 Å². The predicted octanol–water partition coefficient (Wildman–Crippen LogP) is 1.73. The van der Waals surface area contributed by atoms with Gasteiger partial charge in [0.1, 0.15) is 11.5 Å². The van der Waals surface area contributed by atoms with Crippen LogP contribution in [0.4, 0.5) is 0 Å². The van der Waals surface area contributed by atoms with Crippen LogP contribution in [0.1, 0.15) is 39.2 Å². The number of hydrogen-bond acceptors (Lipinski definition) is 5. The van der Waals surface area contributed by atoms with Crippen molar-refractivity contribution in [3.63, 3.8) is 0 Å². The van der Waals surface area contributed by atoms with Crippen LogP contribution in [-0.2, 0) is 9.31 Å². The van der Waals surface area contributed by atoms with E-state index in [1.807, 2.05) is 27.7 Å². The topological polar surface area (TPSA) is 84.9 Å². The molecular weight excluding hydrogens is 245 g/mol. The van der Waals surface area contributed by atoms with Crippen LogP contribution >= 0.6 is 0 Å². The molecule has 4 N–H and O–H groups in total. The van der Waals surface area contributed by atoms with E-state index in [2.05, 4.69) is 0 Å². The summed E-state index contributed by atoms with van der Waals surface area (Å²) < 4.78 is 11.7. The first kappa shape index (κ1) is 14.2. The summed E-state index contributed by atoms with van der Waals surface area (Å²) in [4.78, 5) is 0. The Labute approximate surface area is 113 Å². The fourth-order valence-electron chi connectivity index (χ4n) is 2.00. The summed E-state index contributed by atoms with van der Waals surface area (Å²) in [6.45, 7) is 7.76. The van der Waals surface area contributed by atoms with Gasteiger partial charge < -0.3 is 25.3 Å². The van der Waals surface area contributed by atoms with Gasteiger partial charge in [0.25, 0.3) is 0 Å². The van der Waals surface area contributed by atoms with Crippen molar-refractivity contribution in [1.29, 1.82) is 0 Å². The Morgan fingerprint density at radius 1 is 1.11 bits per heavy atom. The number of phenols is 2. The summed E-state index contributed by atoms with van der Waals surface area (Å²) in [6, 6.07) is 4.29. The number of benzene rings is 1. The molecule has 1 saturated heterocycles. The third-order valence-electron chi connectivity index (χ3n) is 3.94. The second kappa shape index (κ2) is 4.40. The molecule has 1 fully saturated rings. The minimum absolute atomic E-state index is 0.0117. The molecule has 0 radical (unpaired) electrons. The van der Waals surface area contributed by atoms with Crippen molar-refractivity contribution in [1.82, 2.24) is 0 Å². The minimum Gasteiger partial charge on any atom is -0.508 e. The van der Waals surface area contributed by atoms with Gasteiger partial charge in [0.2, 0.25) is 0 Å². The lowest BCUT2D eigenvalue weighted by Crippen LogP contribution is -2.41. The van der Waals surface area contributed by atoms with Crippen LogP contribution < -0.4 is 5.73 Å². The maximum atomic E-state index is 9.83.